The quantitative estimate of drug-likeness (QED) is 0.568. The van der Waals surface area contributed by atoms with Crippen LogP contribution in [0.5, 0.6) is 5.75 Å². The second kappa shape index (κ2) is 10.6. The number of halogens is 1. The lowest BCUT2D eigenvalue weighted by molar-refractivity contribution is 0.0335. The van der Waals surface area contributed by atoms with Crippen molar-refractivity contribution < 1.29 is 14.3 Å². The fourth-order valence-corrected chi connectivity index (χ4v) is 6.77. The molecule has 0 spiro atoms. The zero-order valence-corrected chi connectivity index (χ0v) is 21.0. The average Bonchev–Trinajstić information content (AvgIpc) is 2.86. The van der Waals surface area contributed by atoms with Gasteiger partial charge in [-0.2, -0.15) is 0 Å². The predicted molar refractivity (Wildman–Crippen MR) is 135 cm³/mol. The molecule has 3 aliphatic rings. The zero-order chi connectivity index (χ0) is 23.7. The third kappa shape index (κ3) is 4.75. The molecule has 2 fully saturated rings. The summed E-state index contributed by atoms with van der Waals surface area (Å²) in [6, 6.07) is 2.42. The van der Waals surface area contributed by atoms with Crippen molar-refractivity contribution in [3.05, 3.63) is 38.2 Å². The van der Waals surface area contributed by atoms with E-state index < -0.39 is 0 Å². The van der Waals surface area contributed by atoms with Crippen LogP contribution in [0.3, 0.4) is 0 Å². The van der Waals surface area contributed by atoms with E-state index in [9.17, 15) is 9.90 Å². The highest BCUT2D eigenvalue weighted by molar-refractivity contribution is 6.33. The van der Waals surface area contributed by atoms with Gasteiger partial charge in [0.25, 0.3) is 0 Å². The van der Waals surface area contributed by atoms with E-state index in [1.54, 1.807) is 13.2 Å². The first-order valence-corrected chi connectivity index (χ1v) is 13.4. The summed E-state index contributed by atoms with van der Waals surface area (Å²) < 4.78 is 11.3. The molecule has 2 saturated heterocycles. The zero-order valence-electron chi connectivity index (χ0n) is 20.3. The van der Waals surface area contributed by atoms with E-state index >= 15 is 0 Å². The molecule has 3 heterocycles. The van der Waals surface area contributed by atoms with Gasteiger partial charge in [-0.1, -0.05) is 18.0 Å². The Balaban J connectivity index is 1.49. The van der Waals surface area contributed by atoms with Gasteiger partial charge in [-0.05, 0) is 82.0 Å². The molecule has 0 radical (unpaired) electrons. The number of rotatable bonds is 7. The number of phenolic OH excluding ortho intramolecular Hbond substituents is 1. The molecule has 7 heteroatoms. The smallest absolute Gasteiger partial charge is 0.339 e. The van der Waals surface area contributed by atoms with Gasteiger partial charge in [0.15, 0.2) is 0 Å². The summed E-state index contributed by atoms with van der Waals surface area (Å²) in [6.07, 6.45) is 10.0. The number of benzene rings is 1. The van der Waals surface area contributed by atoms with E-state index in [-0.39, 0.29) is 11.4 Å². The molecule has 34 heavy (non-hydrogen) atoms. The molecular formula is C27H37ClN2O4. The number of ether oxygens (including phenoxy) is 1. The Kier molecular flexibility index (Phi) is 7.49. The van der Waals surface area contributed by atoms with Gasteiger partial charge in [0.1, 0.15) is 11.3 Å². The monoisotopic (exact) mass is 488 g/mol. The molecule has 2 aromatic rings. The fraction of sp³-hybridized carbons (Fsp3) is 0.667. The summed E-state index contributed by atoms with van der Waals surface area (Å²) >= 11 is 6.53. The van der Waals surface area contributed by atoms with Gasteiger partial charge < -0.3 is 19.2 Å². The van der Waals surface area contributed by atoms with E-state index in [1.807, 2.05) is 0 Å². The van der Waals surface area contributed by atoms with Crippen molar-refractivity contribution in [3.8, 4) is 5.75 Å². The minimum Gasteiger partial charge on any atom is -0.506 e. The first-order valence-electron chi connectivity index (χ1n) is 13.0. The summed E-state index contributed by atoms with van der Waals surface area (Å²) in [5.41, 5.74) is 2.69. The molecule has 1 aromatic carbocycles. The van der Waals surface area contributed by atoms with Crippen LogP contribution in [-0.2, 0) is 24.1 Å². The van der Waals surface area contributed by atoms with Gasteiger partial charge in [-0.25, -0.2) is 4.79 Å². The van der Waals surface area contributed by atoms with Crippen molar-refractivity contribution >= 4 is 22.6 Å². The first-order chi connectivity index (χ1) is 16.6. The van der Waals surface area contributed by atoms with Crippen molar-refractivity contribution in [1.82, 2.24) is 9.80 Å². The molecule has 0 amide bonds. The highest BCUT2D eigenvalue weighted by atomic mass is 35.5. The number of hydrogen-bond acceptors (Lipinski definition) is 6. The lowest BCUT2D eigenvalue weighted by Crippen LogP contribution is -2.51. The van der Waals surface area contributed by atoms with Crippen molar-refractivity contribution in [3.63, 3.8) is 0 Å². The topological polar surface area (TPSA) is 66.2 Å². The number of fused-ring (bicyclic) bond motifs is 4. The van der Waals surface area contributed by atoms with Gasteiger partial charge in [-0.3, -0.25) is 4.90 Å². The molecule has 1 N–H and O–H groups in total. The maximum atomic E-state index is 12.8. The summed E-state index contributed by atoms with van der Waals surface area (Å²) in [7, 11) is 1.72. The molecule has 0 unspecified atom stereocenters. The second-order valence-electron chi connectivity index (χ2n) is 10.3. The maximum Gasteiger partial charge on any atom is 0.339 e. The normalized spacial score (nSPS) is 23.3. The summed E-state index contributed by atoms with van der Waals surface area (Å²) in [4.78, 5) is 17.9. The molecule has 1 aromatic heterocycles. The number of piperidine rings is 2. The van der Waals surface area contributed by atoms with Gasteiger partial charge in [0.05, 0.1) is 17.2 Å². The van der Waals surface area contributed by atoms with Crippen LogP contribution in [0.25, 0.3) is 11.0 Å². The van der Waals surface area contributed by atoms with E-state index in [0.717, 1.165) is 55.3 Å². The van der Waals surface area contributed by atoms with Crippen LogP contribution < -0.4 is 5.63 Å². The fourth-order valence-electron chi connectivity index (χ4n) is 6.55. The molecule has 2 aliphatic heterocycles. The minimum atomic E-state index is -0.265. The number of aryl methyl sites for hydroxylation is 1. The largest absolute Gasteiger partial charge is 0.506 e. The van der Waals surface area contributed by atoms with Crippen LogP contribution in [0.4, 0.5) is 0 Å². The van der Waals surface area contributed by atoms with Crippen molar-refractivity contribution in [1.29, 1.82) is 0 Å². The first kappa shape index (κ1) is 24.1. The van der Waals surface area contributed by atoms with Gasteiger partial charge in [0, 0.05) is 43.7 Å². The summed E-state index contributed by atoms with van der Waals surface area (Å²) in [6.45, 7) is 5.22. The average molecular weight is 489 g/mol. The lowest BCUT2D eigenvalue weighted by atomic mass is 9.83. The highest BCUT2D eigenvalue weighted by Crippen LogP contribution is 2.39. The molecule has 1 aliphatic carbocycles. The van der Waals surface area contributed by atoms with Crippen LogP contribution >= 0.6 is 11.6 Å². The molecule has 6 nitrogen and oxygen atoms in total. The molecular weight excluding hydrogens is 452 g/mol. The van der Waals surface area contributed by atoms with E-state index in [4.69, 9.17) is 20.8 Å². The summed E-state index contributed by atoms with van der Waals surface area (Å²) in [5, 5.41) is 12.2. The number of methoxy groups -OCH3 is 1. The Bertz CT molecular complexity index is 1080. The standard InChI is InChI=1S/C27H37ClN2O4/c1-33-14-13-29(16-18-7-6-12-30-11-5-4-10-24(18)30)17-22-25(31)23(28)15-21-19-8-2-3-9-20(19)27(32)34-26(21)22/h15,18,24,31H,2-14,16-17H2,1H3/t18-,24+/m0/s1. The van der Waals surface area contributed by atoms with Crippen molar-refractivity contribution in [2.24, 2.45) is 5.92 Å². The Labute approximate surface area is 206 Å². The Morgan fingerprint density at radius 1 is 1.15 bits per heavy atom. The number of hydrogen-bond donors (Lipinski definition) is 1. The molecule has 0 bridgehead atoms. The maximum absolute atomic E-state index is 12.8. The van der Waals surface area contributed by atoms with Crippen LogP contribution in [0, 0.1) is 5.92 Å². The third-order valence-corrected chi connectivity index (χ3v) is 8.54. The number of aromatic hydroxyl groups is 1. The molecule has 186 valence electrons. The lowest BCUT2D eigenvalue weighted by Gasteiger charge is -2.45. The van der Waals surface area contributed by atoms with Crippen LogP contribution in [0.15, 0.2) is 15.3 Å². The summed E-state index contributed by atoms with van der Waals surface area (Å²) in [5.74, 6) is 0.622. The van der Waals surface area contributed by atoms with Gasteiger partial charge >= 0.3 is 5.63 Å². The van der Waals surface area contributed by atoms with Crippen molar-refractivity contribution in [2.75, 3.05) is 39.9 Å². The Morgan fingerprint density at radius 3 is 2.76 bits per heavy atom. The minimum absolute atomic E-state index is 0.0263. The number of nitrogens with zero attached hydrogens (tertiary/aromatic N) is 2. The molecule has 5 rings (SSSR count). The number of phenols is 1. The van der Waals surface area contributed by atoms with E-state index in [2.05, 4.69) is 9.80 Å². The van der Waals surface area contributed by atoms with Gasteiger partial charge in [-0.15, -0.1) is 0 Å². The third-order valence-electron chi connectivity index (χ3n) is 8.25. The highest BCUT2D eigenvalue weighted by Gasteiger charge is 2.34. The van der Waals surface area contributed by atoms with E-state index in [0.29, 0.717) is 41.3 Å². The molecule has 2 atom stereocenters. The van der Waals surface area contributed by atoms with Crippen LogP contribution in [0.1, 0.15) is 61.6 Å². The second-order valence-corrected chi connectivity index (χ2v) is 10.8. The predicted octanol–water partition coefficient (Wildman–Crippen LogP) is 4.74. The van der Waals surface area contributed by atoms with Crippen molar-refractivity contribution in [2.45, 2.75) is 70.4 Å². The van der Waals surface area contributed by atoms with E-state index in [1.165, 1.54) is 45.2 Å². The van der Waals surface area contributed by atoms with Crippen LogP contribution in [0.2, 0.25) is 5.02 Å². The van der Waals surface area contributed by atoms with Crippen LogP contribution in [-0.4, -0.2) is 60.8 Å². The Hall–Kier alpha value is -1.60. The van der Waals surface area contributed by atoms with Gasteiger partial charge in [0.2, 0.25) is 0 Å². The Morgan fingerprint density at radius 2 is 1.94 bits per heavy atom. The SMILES string of the molecule is COCCN(Cc1c(O)c(Cl)cc2c3c(c(=O)oc12)CCCC3)C[C@@H]1CCCN2CCCC[C@H]12. The molecule has 0 saturated carbocycles.